The Morgan fingerprint density at radius 3 is 2.67 bits per heavy atom. The van der Waals surface area contributed by atoms with Gasteiger partial charge in [0.1, 0.15) is 11.6 Å². The average molecular weight is 280 g/mol. The molecule has 2 aromatic heterocycles. The minimum atomic E-state index is 0.505. The third-order valence-corrected chi connectivity index (χ3v) is 3.38. The molecule has 0 spiro atoms. The van der Waals surface area contributed by atoms with E-state index in [0.717, 1.165) is 28.3 Å². The summed E-state index contributed by atoms with van der Waals surface area (Å²) < 4.78 is 7.31. The summed E-state index contributed by atoms with van der Waals surface area (Å²) in [6.45, 7) is 2.02. The van der Waals surface area contributed by atoms with Crippen LogP contribution < -0.4 is 10.5 Å². The van der Waals surface area contributed by atoms with Gasteiger partial charge in [0, 0.05) is 17.4 Å². The molecular formula is C16H16N4O. The van der Waals surface area contributed by atoms with E-state index in [0.29, 0.717) is 5.82 Å². The fourth-order valence-corrected chi connectivity index (χ4v) is 2.28. The third kappa shape index (κ3) is 2.45. The first kappa shape index (κ1) is 13.2. The molecule has 0 atom stereocenters. The van der Waals surface area contributed by atoms with E-state index in [1.165, 1.54) is 0 Å². The second kappa shape index (κ2) is 5.28. The Morgan fingerprint density at radius 1 is 1.14 bits per heavy atom. The summed E-state index contributed by atoms with van der Waals surface area (Å²) in [5, 5.41) is 0. The Morgan fingerprint density at radius 2 is 2.00 bits per heavy atom. The summed E-state index contributed by atoms with van der Waals surface area (Å²) in [6.07, 6.45) is 5.35. The summed E-state index contributed by atoms with van der Waals surface area (Å²) in [7, 11) is 1.67. The van der Waals surface area contributed by atoms with Crippen LogP contribution in [0.3, 0.4) is 0 Å². The zero-order valence-corrected chi connectivity index (χ0v) is 11.9. The number of rotatable bonds is 3. The van der Waals surface area contributed by atoms with Crippen LogP contribution in [0, 0.1) is 6.92 Å². The van der Waals surface area contributed by atoms with Crippen molar-refractivity contribution in [3.63, 3.8) is 0 Å². The van der Waals surface area contributed by atoms with Crippen LogP contribution in [0.5, 0.6) is 5.75 Å². The second-order valence-electron chi connectivity index (χ2n) is 4.77. The first-order valence-electron chi connectivity index (χ1n) is 6.58. The van der Waals surface area contributed by atoms with Gasteiger partial charge in [-0.15, -0.1) is 0 Å². The minimum absolute atomic E-state index is 0.505. The fraction of sp³-hybridized carbons (Fsp3) is 0.125. The number of ether oxygens (including phenoxy) is 1. The van der Waals surface area contributed by atoms with Crippen molar-refractivity contribution in [1.29, 1.82) is 0 Å². The van der Waals surface area contributed by atoms with E-state index in [2.05, 4.69) is 16.0 Å². The summed E-state index contributed by atoms with van der Waals surface area (Å²) in [5.41, 5.74) is 9.67. The van der Waals surface area contributed by atoms with Crippen molar-refractivity contribution in [1.82, 2.24) is 14.5 Å². The molecule has 0 radical (unpaired) electrons. The van der Waals surface area contributed by atoms with Gasteiger partial charge in [0.05, 0.1) is 25.3 Å². The molecule has 106 valence electrons. The lowest BCUT2D eigenvalue weighted by Crippen LogP contribution is -1.98. The Labute approximate surface area is 123 Å². The number of nitrogens with two attached hydrogens (primary N) is 1. The van der Waals surface area contributed by atoms with Gasteiger partial charge in [-0.05, 0) is 42.8 Å². The van der Waals surface area contributed by atoms with Crippen LogP contribution in [0.4, 0.5) is 5.82 Å². The smallest absolute Gasteiger partial charge is 0.123 e. The van der Waals surface area contributed by atoms with E-state index >= 15 is 0 Å². The van der Waals surface area contributed by atoms with E-state index in [4.69, 9.17) is 10.5 Å². The van der Waals surface area contributed by atoms with Gasteiger partial charge in [0.15, 0.2) is 0 Å². The van der Waals surface area contributed by atoms with Crippen LogP contribution in [0.2, 0.25) is 0 Å². The van der Waals surface area contributed by atoms with Gasteiger partial charge in [0.2, 0.25) is 0 Å². The molecular weight excluding hydrogens is 264 g/mol. The van der Waals surface area contributed by atoms with Gasteiger partial charge in [0.25, 0.3) is 0 Å². The van der Waals surface area contributed by atoms with Crippen molar-refractivity contribution in [2.24, 2.45) is 0 Å². The molecule has 2 N–H and O–H groups in total. The molecule has 0 aliphatic heterocycles. The number of pyridine rings is 1. The molecule has 0 aliphatic rings. The SMILES string of the molecule is COc1ccc(-n2cncc2-c2ccc(N)nc2)cc1C. The normalized spacial score (nSPS) is 10.6. The van der Waals surface area contributed by atoms with E-state index < -0.39 is 0 Å². The number of benzene rings is 1. The Balaban J connectivity index is 2.06. The van der Waals surface area contributed by atoms with Crippen LogP contribution in [0.25, 0.3) is 16.9 Å². The number of anilines is 1. The second-order valence-corrected chi connectivity index (χ2v) is 4.77. The molecule has 0 aliphatic carbocycles. The lowest BCUT2D eigenvalue weighted by atomic mass is 10.1. The van der Waals surface area contributed by atoms with Gasteiger partial charge >= 0.3 is 0 Å². The maximum Gasteiger partial charge on any atom is 0.123 e. The molecule has 1 aromatic carbocycles. The van der Waals surface area contributed by atoms with Crippen LogP contribution in [-0.4, -0.2) is 21.6 Å². The van der Waals surface area contributed by atoms with Crippen LogP contribution in [0.15, 0.2) is 49.1 Å². The van der Waals surface area contributed by atoms with Crippen molar-refractivity contribution in [3.05, 3.63) is 54.6 Å². The maximum atomic E-state index is 5.63. The molecule has 0 amide bonds. The number of aromatic nitrogens is 3. The highest BCUT2D eigenvalue weighted by molar-refractivity contribution is 5.62. The number of hydrogen-bond donors (Lipinski definition) is 1. The predicted molar refractivity (Wildman–Crippen MR) is 82.5 cm³/mol. The average Bonchev–Trinajstić information content (AvgIpc) is 2.97. The molecule has 3 rings (SSSR count). The van der Waals surface area contributed by atoms with E-state index in [-0.39, 0.29) is 0 Å². The van der Waals surface area contributed by atoms with Crippen molar-refractivity contribution < 1.29 is 4.74 Å². The minimum Gasteiger partial charge on any atom is -0.496 e. The quantitative estimate of drug-likeness (QED) is 0.801. The van der Waals surface area contributed by atoms with Crippen molar-refractivity contribution in [2.45, 2.75) is 6.92 Å². The van der Waals surface area contributed by atoms with Gasteiger partial charge in [-0.1, -0.05) is 0 Å². The predicted octanol–water partition coefficient (Wildman–Crippen LogP) is 2.83. The molecule has 0 saturated carbocycles. The zero-order valence-electron chi connectivity index (χ0n) is 11.9. The molecule has 5 nitrogen and oxygen atoms in total. The number of aryl methyl sites for hydroxylation is 1. The molecule has 5 heteroatoms. The van der Waals surface area contributed by atoms with Gasteiger partial charge in [-0.3, -0.25) is 4.57 Å². The molecule has 0 unspecified atom stereocenters. The van der Waals surface area contributed by atoms with Crippen molar-refractivity contribution in [3.8, 4) is 22.7 Å². The van der Waals surface area contributed by atoms with Crippen molar-refractivity contribution in [2.75, 3.05) is 12.8 Å². The van der Waals surface area contributed by atoms with E-state index in [1.54, 1.807) is 25.7 Å². The Kier molecular flexibility index (Phi) is 3.31. The summed E-state index contributed by atoms with van der Waals surface area (Å²) in [6, 6.07) is 9.74. The molecule has 0 bridgehead atoms. The highest BCUT2D eigenvalue weighted by atomic mass is 16.5. The number of imidazole rings is 1. The molecule has 3 aromatic rings. The van der Waals surface area contributed by atoms with Crippen LogP contribution in [-0.2, 0) is 0 Å². The standard InChI is InChI=1S/C16H16N4O/c1-11-7-13(4-5-15(11)21-2)20-10-18-9-14(20)12-3-6-16(17)19-8-12/h3-10H,1-2H3,(H2,17,19). The number of hydrogen-bond acceptors (Lipinski definition) is 4. The third-order valence-electron chi connectivity index (χ3n) is 3.38. The Hall–Kier alpha value is -2.82. The van der Waals surface area contributed by atoms with Crippen LogP contribution in [0.1, 0.15) is 5.56 Å². The van der Waals surface area contributed by atoms with E-state index in [9.17, 15) is 0 Å². The largest absolute Gasteiger partial charge is 0.496 e. The topological polar surface area (TPSA) is 66.0 Å². The fourth-order valence-electron chi connectivity index (χ4n) is 2.28. The highest BCUT2D eigenvalue weighted by Crippen LogP contribution is 2.26. The van der Waals surface area contributed by atoms with E-state index in [1.807, 2.05) is 35.9 Å². The number of nitrogen functional groups attached to an aromatic ring is 1. The number of methoxy groups -OCH3 is 1. The first-order chi connectivity index (χ1) is 10.2. The summed E-state index contributed by atoms with van der Waals surface area (Å²) >= 11 is 0. The molecule has 2 heterocycles. The Bertz CT molecular complexity index is 762. The first-order valence-corrected chi connectivity index (χ1v) is 6.58. The monoisotopic (exact) mass is 280 g/mol. The lowest BCUT2D eigenvalue weighted by Gasteiger charge is -2.11. The van der Waals surface area contributed by atoms with Gasteiger partial charge in [-0.25, -0.2) is 9.97 Å². The summed E-state index contributed by atoms with van der Waals surface area (Å²) in [5.74, 6) is 1.37. The molecule has 0 saturated heterocycles. The molecule has 0 fully saturated rings. The maximum absolute atomic E-state index is 5.63. The van der Waals surface area contributed by atoms with Crippen LogP contribution >= 0.6 is 0 Å². The zero-order chi connectivity index (χ0) is 14.8. The van der Waals surface area contributed by atoms with Gasteiger partial charge in [-0.2, -0.15) is 0 Å². The summed E-state index contributed by atoms with van der Waals surface area (Å²) in [4.78, 5) is 8.37. The van der Waals surface area contributed by atoms with Gasteiger partial charge < -0.3 is 10.5 Å². The number of nitrogens with zero attached hydrogens (tertiary/aromatic N) is 3. The van der Waals surface area contributed by atoms with Crippen molar-refractivity contribution >= 4 is 5.82 Å². The lowest BCUT2D eigenvalue weighted by molar-refractivity contribution is 0.411. The highest BCUT2D eigenvalue weighted by Gasteiger charge is 2.09. The molecule has 21 heavy (non-hydrogen) atoms.